The number of benzene rings is 1. The van der Waals surface area contributed by atoms with Gasteiger partial charge in [-0.05, 0) is 17.7 Å². The molecular weight excluding hydrogens is 354 g/mol. The standard InChI is InChI=1S/C15H22ClN3O4S/c1-23-14-4-3-11(7-13(14)16)9-18-5-6-19(24(2,21)22)10-12(18)8-15(17)20/h3-4,7,12H,5-6,8-10H2,1-2H3,(H2,17,20). The molecular formula is C15H22ClN3O4S. The van der Waals surface area contributed by atoms with Crippen LogP contribution in [0.25, 0.3) is 0 Å². The molecule has 2 N–H and O–H groups in total. The Labute approximate surface area is 147 Å². The highest BCUT2D eigenvalue weighted by atomic mass is 35.5. The molecule has 0 spiro atoms. The molecule has 134 valence electrons. The summed E-state index contributed by atoms with van der Waals surface area (Å²) in [5, 5.41) is 0.510. The summed E-state index contributed by atoms with van der Waals surface area (Å²) in [6.45, 7) is 1.72. The molecule has 24 heavy (non-hydrogen) atoms. The number of rotatable bonds is 6. The van der Waals surface area contributed by atoms with Crippen LogP contribution in [0.5, 0.6) is 5.75 Å². The van der Waals surface area contributed by atoms with E-state index in [4.69, 9.17) is 22.1 Å². The number of piperazine rings is 1. The second-order valence-corrected chi connectivity index (χ2v) is 8.27. The summed E-state index contributed by atoms with van der Waals surface area (Å²) in [4.78, 5) is 13.4. The number of sulfonamides is 1. The maximum atomic E-state index is 11.8. The number of methoxy groups -OCH3 is 1. The van der Waals surface area contributed by atoms with Crippen molar-refractivity contribution in [3.05, 3.63) is 28.8 Å². The van der Waals surface area contributed by atoms with Crippen LogP contribution in [-0.2, 0) is 21.4 Å². The Kier molecular flexibility index (Phi) is 6.08. The van der Waals surface area contributed by atoms with E-state index < -0.39 is 15.9 Å². The van der Waals surface area contributed by atoms with E-state index in [0.717, 1.165) is 5.56 Å². The van der Waals surface area contributed by atoms with Crippen LogP contribution in [0.15, 0.2) is 18.2 Å². The topological polar surface area (TPSA) is 92.9 Å². The van der Waals surface area contributed by atoms with Crippen molar-refractivity contribution in [3.63, 3.8) is 0 Å². The van der Waals surface area contributed by atoms with E-state index >= 15 is 0 Å². The smallest absolute Gasteiger partial charge is 0.219 e. The number of hydrogen-bond acceptors (Lipinski definition) is 5. The first-order valence-electron chi connectivity index (χ1n) is 7.50. The van der Waals surface area contributed by atoms with Gasteiger partial charge in [-0.2, -0.15) is 4.31 Å². The highest BCUT2D eigenvalue weighted by Crippen LogP contribution is 2.26. The van der Waals surface area contributed by atoms with Gasteiger partial charge in [0.15, 0.2) is 0 Å². The molecule has 0 bridgehead atoms. The van der Waals surface area contributed by atoms with Crippen molar-refractivity contribution in [1.82, 2.24) is 9.21 Å². The van der Waals surface area contributed by atoms with Gasteiger partial charge < -0.3 is 10.5 Å². The molecule has 1 fully saturated rings. The number of halogens is 1. The number of ether oxygens (including phenoxy) is 1. The average molecular weight is 376 g/mol. The number of amides is 1. The highest BCUT2D eigenvalue weighted by Gasteiger charge is 2.32. The molecule has 7 nitrogen and oxygen atoms in total. The second-order valence-electron chi connectivity index (χ2n) is 5.88. The van der Waals surface area contributed by atoms with E-state index in [2.05, 4.69) is 4.90 Å². The van der Waals surface area contributed by atoms with Gasteiger partial charge in [0.1, 0.15) is 5.75 Å². The van der Waals surface area contributed by atoms with E-state index in [1.807, 2.05) is 12.1 Å². The first-order valence-corrected chi connectivity index (χ1v) is 9.73. The largest absolute Gasteiger partial charge is 0.495 e. The summed E-state index contributed by atoms with van der Waals surface area (Å²) in [5.74, 6) is 0.143. The molecule has 0 aliphatic carbocycles. The molecule has 0 saturated carbocycles. The second kappa shape index (κ2) is 7.69. The molecule has 9 heteroatoms. The zero-order chi connectivity index (χ0) is 17.9. The number of primary amides is 1. The minimum Gasteiger partial charge on any atom is -0.495 e. The molecule has 1 unspecified atom stereocenters. The molecule has 0 aromatic heterocycles. The molecule has 0 radical (unpaired) electrons. The minimum atomic E-state index is -3.29. The fourth-order valence-electron chi connectivity index (χ4n) is 2.84. The highest BCUT2D eigenvalue weighted by molar-refractivity contribution is 7.88. The Morgan fingerprint density at radius 1 is 1.42 bits per heavy atom. The van der Waals surface area contributed by atoms with Crippen LogP contribution in [0.1, 0.15) is 12.0 Å². The summed E-state index contributed by atoms with van der Waals surface area (Å²) in [5.41, 5.74) is 6.29. The minimum absolute atomic E-state index is 0.107. The van der Waals surface area contributed by atoms with E-state index in [1.165, 1.54) is 10.6 Å². The molecule has 1 aliphatic heterocycles. The third-order valence-electron chi connectivity index (χ3n) is 4.08. The number of nitrogens with two attached hydrogens (primary N) is 1. The predicted octanol–water partition coefficient (Wildman–Crippen LogP) is 0.670. The normalized spacial score (nSPS) is 20.0. The molecule has 1 atom stereocenters. The Morgan fingerprint density at radius 3 is 2.67 bits per heavy atom. The van der Waals surface area contributed by atoms with Crippen molar-refractivity contribution >= 4 is 27.5 Å². The van der Waals surface area contributed by atoms with E-state index in [1.54, 1.807) is 13.2 Å². The van der Waals surface area contributed by atoms with Crippen LogP contribution in [0.2, 0.25) is 5.02 Å². The molecule has 2 rings (SSSR count). The van der Waals surface area contributed by atoms with E-state index in [9.17, 15) is 13.2 Å². The van der Waals surface area contributed by atoms with Crippen LogP contribution >= 0.6 is 11.6 Å². The molecule has 1 aromatic rings. The van der Waals surface area contributed by atoms with Gasteiger partial charge in [0.25, 0.3) is 0 Å². The lowest BCUT2D eigenvalue weighted by Gasteiger charge is -2.40. The number of nitrogens with zero attached hydrogens (tertiary/aromatic N) is 2. The first-order chi connectivity index (χ1) is 11.2. The maximum absolute atomic E-state index is 11.8. The monoisotopic (exact) mass is 375 g/mol. The lowest BCUT2D eigenvalue weighted by Crippen LogP contribution is -2.55. The third-order valence-corrected chi connectivity index (χ3v) is 5.64. The van der Waals surface area contributed by atoms with Crippen LogP contribution in [0.3, 0.4) is 0 Å². The molecule has 1 saturated heterocycles. The quantitative estimate of drug-likeness (QED) is 0.788. The van der Waals surface area contributed by atoms with Crippen molar-refractivity contribution in [1.29, 1.82) is 0 Å². The predicted molar refractivity (Wildman–Crippen MR) is 92.4 cm³/mol. The van der Waals surface area contributed by atoms with Crippen LogP contribution < -0.4 is 10.5 Å². The molecule has 1 aliphatic rings. The Balaban J connectivity index is 2.15. The van der Waals surface area contributed by atoms with Crippen molar-refractivity contribution < 1.29 is 17.9 Å². The molecule has 1 aromatic carbocycles. The zero-order valence-electron chi connectivity index (χ0n) is 13.7. The molecule has 1 amide bonds. The van der Waals surface area contributed by atoms with Gasteiger partial charge in [0.2, 0.25) is 15.9 Å². The summed E-state index contributed by atoms with van der Waals surface area (Å²) >= 11 is 6.15. The number of carbonyl (C=O) groups is 1. The lowest BCUT2D eigenvalue weighted by molar-refractivity contribution is -0.119. The van der Waals surface area contributed by atoms with Gasteiger partial charge in [-0.3, -0.25) is 9.69 Å². The Morgan fingerprint density at radius 2 is 2.12 bits per heavy atom. The summed E-state index contributed by atoms with van der Waals surface area (Å²) in [7, 11) is -1.74. The first kappa shape index (κ1) is 19.0. The van der Waals surface area contributed by atoms with Crippen molar-refractivity contribution in [2.45, 2.75) is 19.0 Å². The van der Waals surface area contributed by atoms with Crippen molar-refractivity contribution in [2.24, 2.45) is 5.73 Å². The van der Waals surface area contributed by atoms with Gasteiger partial charge in [0, 0.05) is 38.6 Å². The summed E-state index contributed by atoms with van der Waals surface area (Å²) in [6, 6.07) is 5.24. The van der Waals surface area contributed by atoms with Gasteiger partial charge in [0.05, 0.1) is 18.4 Å². The van der Waals surface area contributed by atoms with Gasteiger partial charge in [-0.25, -0.2) is 8.42 Å². The Bertz CT molecular complexity index is 711. The average Bonchev–Trinajstić information content (AvgIpc) is 2.47. The van der Waals surface area contributed by atoms with Gasteiger partial charge in [-0.15, -0.1) is 0 Å². The third kappa shape index (κ3) is 4.83. The van der Waals surface area contributed by atoms with Crippen LogP contribution in [0, 0.1) is 0 Å². The van der Waals surface area contributed by atoms with Crippen LogP contribution in [-0.4, -0.2) is 62.6 Å². The SMILES string of the molecule is COc1ccc(CN2CCN(S(C)(=O)=O)CC2CC(N)=O)cc1Cl. The van der Waals surface area contributed by atoms with Crippen LogP contribution in [0.4, 0.5) is 0 Å². The fourth-order valence-corrected chi connectivity index (χ4v) is 3.98. The summed E-state index contributed by atoms with van der Waals surface area (Å²) < 4.78 is 30.0. The summed E-state index contributed by atoms with van der Waals surface area (Å²) in [6.07, 6.45) is 1.28. The maximum Gasteiger partial charge on any atom is 0.219 e. The number of hydrogen-bond donors (Lipinski definition) is 1. The zero-order valence-corrected chi connectivity index (χ0v) is 15.3. The van der Waals surface area contributed by atoms with E-state index in [-0.39, 0.29) is 19.0 Å². The number of carbonyl (C=O) groups excluding carboxylic acids is 1. The van der Waals surface area contributed by atoms with Gasteiger partial charge >= 0.3 is 0 Å². The fraction of sp³-hybridized carbons (Fsp3) is 0.533. The van der Waals surface area contributed by atoms with Crippen molar-refractivity contribution in [2.75, 3.05) is 33.0 Å². The van der Waals surface area contributed by atoms with Crippen molar-refractivity contribution in [3.8, 4) is 5.75 Å². The molecule has 1 heterocycles. The lowest BCUT2D eigenvalue weighted by atomic mass is 10.1. The van der Waals surface area contributed by atoms with E-state index in [0.29, 0.717) is 30.4 Å². The van der Waals surface area contributed by atoms with Gasteiger partial charge in [-0.1, -0.05) is 17.7 Å². The Hall–Kier alpha value is -1.35.